The lowest BCUT2D eigenvalue weighted by molar-refractivity contribution is -0.111. The van der Waals surface area contributed by atoms with E-state index in [4.69, 9.17) is 11.6 Å². The molecule has 0 saturated heterocycles. The molecule has 2 aromatic rings. The summed E-state index contributed by atoms with van der Waals surface area (Å²) in [6.45, 7) is 4.09. The molecular weight excluding hydrogens is 447 g/mol. The standard InChI is InChI=1S/C23H23ClF3NO2S/c1-12(11-29)7-14-4-3-13(2)22(14)31-20-8-15(5-6-17(20)24)23(30)28-16-9-18(25)21(27)19(26)10-16/h5-6,8-14,22H,3-4,7H2,1-2H3,(H,28,30). The average molecular weight is 470 g/mol. The largest absolute Gasteiger partial charge is 0.322 e. The van der Waals surface area contributed by atoms with Gasteiger partial charge in [-0.25, -0.2) is 13.2 Å². The molecule has 0 aliphatic heterocycles. The first-order valence-corrected chi connectivity index (χ1v) is 11.3. The van der Waals surface area contributed by atoms with Crippen LogP contribution in [-0.4, -0.2) is 17.4 Å². The van der Waals surface area contributed by atoms with Crippen LogP contribution in [0.1, 0.15) is 43.5 Å². The number of thioether (sulfide) groups is 1. The summed E-state index contributed by atoms with van der Waals surface area (Å²) in [6.07, 6.45) is 3.89. The summed E-state index contributed by atoms with van der Waals surface area (Å²) in [5, 5.41) is 3.15. The molecule has 3 rings (SSSR count). The highest BCUT2D eigenvalue weighted by molar-refractivity contribution is 8.00. The van der Waals surface area contributed by atoms with E-state index >= 15 is 0 Å². The Labute approximate surface area is 188 Å². The van der Waals surface area contributed by atoms with Crippen LogP contribution in [0.5, 0.6) is 0 Å². The number of nitrogens with one attached hydrogen (secondary N) is 1. The van der Waals surface area contributed by atoms with E-state index in [0.29, 0.717) is 16.9 Å². The number of rotatable bonds is 7. The molecule has 1 fully saturated rings. The van der Waals surface area contributed by atoms with Crippen molar-refractivity contribution < 1.29 is 22.8 Å². The zero-order valence-corrected chi connectivity index (χ0v) is 18.7. The van der Waals surface area contributed by atoms with Gasteiger partial charge in [-0.2, -0.15) is 0 Å². The predicted octanol–water partition coefficient (Wildman–Crippen LogP) is 6.74. The molecule has 0 bridgehead atoms. The third-order valence-corrected chi connectivity index (χ3v) is 7.78. The molecule has 1 N–H and O–H groups in total. The minimum absolute atomic E-state index is 0.0116. The van der Waals surface area contributed by atoms with Crippen molar-refractivity contribution >= 4 is 41.2 Å². The van der Waals surface area contributed by atoms with Crippen LogP contribution in [0.25, 0.3) is 0 Å². The summed E-state index contributed by atoms with van der Waals surface area (Å²) >= 11 is 7.97. The first-order valence-electron chi connectivity index (χ1n) is 10.1. The van der Waals surface area contributed by atoms with E-state index in [0.717, 1.165) is 42.6 Å². The maximum atomic E-state index is 13.4. The zero-order chi connectivity index (χ0) is 22.7. The number of hydrogen-bond donors (Lipinski definition) is 1. The molecule has 8 heteroatoms. The van der Waals surface area contributed by atoms with Crippen LogP contribution >= 0.6 is 23.4 Å². The van der Waals surface area contributed by atoms with E-state index in [1.165, 1.54) is 6.07 Å². The normalized spacial score (nSPS) is 21.7. The van der Waals surface area contributed by atoms with Crippen LogP contribution in [0.3, 0.4) is 0 Å². The van der Waals surface area contributed by atoms with Gasteiger partial charge in [-0.1, -0.05) is 25.4 Å². The Morgan fingerprint density at radius 3 is 2.55 bits per heavy atom. The van der Waals surface area contributed by atoms with Crippen molar-refractivity contribution in [2.24, 2.45) is 17.8 Å². The number of carbonyl (C=O) groups is 2. The molecule has 31 heavy (non-hydrogen) atoms. The van der Waals surface area contributed by atoms with Crippen LogP contribution in [0.15, 0.2) is 35.2 Å². The molecular formula is C23H23ClF3NO2S. The van der Waals surface area contributed by atoms with Crippen LogP contribution in [0.4, 0.5) is 18.9 Å². The van der Waals surface area contributed by atoms with Crippen molar-refractivity contribution in [2.45, 2.75) is 43.3 Å². The second kappa shape index (κ2) is 10.1. The molecule has 166 valence electrons. The fourth-order valence-electron chi connectivity index (χ4n) is 3.98. The van der Waals surface area contributed by atoms with Gasteiger partial charge in [-0.3, -0.25) is 4.79 Å². The number of benzene rings is 2. The summed E-state index contributed by atoms with van der Waals surface area (Å²) in [7, 11) is 0. The predicted molar refractivity (Wildman–Crippen MR) is 117 cm³/mol. The lowest BCUT2D eigenvalue weighted by atomic mass is 9.94. The number of aldehydes is 1. The molecule has 0 spiro atoms. The fraction of sp³-hybridized carbons (Fsp3) is 0.391. The van der Waals surface area contributed by atoms with Gasteiger partial charge in [0.25, 0.3) is 5.91 Å². The molecule has 0 aromatic heterocycles. The second-order valence-electron chi connectivity index (χ2n) is 8.10. The van der Waals surface area contributed by atoms with Gasteiger partial charge in [0.2, 0.25) is 0 Å². The first-order chi connectivity index (χ1) is 14.7. The summed E-state index contributed by atoms with van der Waals surface area (Å²) in [5.41, 5.74) is 0.0818. The number of amides is 1. The molecule has 0 radical (unpaired) electrons. The van der Waals surface area contributed by atoms with E-state index < -0.39 is 23.4 Å². The van der Waals surface area contributed by atoms with E-state index in [9.17, 15) is 22.8 Å². The zero-order valence-electron chi connectivity index (χ0n) is 17.1. The molecule has 1 saturated carbocycles. The molecule has 1 amide bonds. The van der Waals surface area contributed by atoms with E-state index in [1.54, 1.807) is 23.9 Å². The Morgan fingerprint density at radius 1 is 1.23 bits per heavy atom. The highest BCUT2D eigenvalue weighted by atomic mass is 35.5. The molecule has 0 heterocycles. The van der Waals surface area contributed by atoms with Crippen molar-refractivity contribution in [3.05, 3.63) is 58.4 Å². The molecule has 1 aliphatic rings. The van der Waals surface area contributed by atoms with E-state index in [-0.39, 0.29) is 22.4 Å². The molecule has 1 aliphatic carbocycles. The average Bonchev–Trinajstić information content (AvgIpc) is 3.06. The minimum atomic E-state index is -1.59. The van der Waals surface area contributed by atoms with Gasteiger partial charge in [0.15, 0.2) is 17.5 Å². The molecule has 3 nitrogen and oxygen atoms in total. The van der Waals surface area contributed by atoms with Gasteiger partial charge in [0.05, 0.1) is 5.02 Å². The number of carbonyl (C=O) groups excluding carboxylic acids is 2. The van der Waals surface area contributed by atoms with E-state index in [1.807, 2.05) is 6.92 Å². The number of anilines is 1. The van der Waals surface area contributed by atoms with Gasteiger partial charge >= 0.3 is 0 Å². The molecule has 4 unspecified atom stereocenters. The Balaban J connectivity index is 1.78. The monoisotopic (exact) mass is 469 g/mol. The van der Waals surface area contributed by atoms with Crippen LogP contribution < -0.4 is 5.32 Å². The SMILES string of the molecule is CC(C=O)CC1CCC(C)C1Sc1cc(C(=O)Nc2cc(F)c(F)c(F)c2)ccc1Cl. The van der Waals surface area contributed by atoms with Crippen molar-refractivity contribution in [2.75, 3.05) is 5.32 Å². The Morgan fingerprint density at radius 2 is 1.90 bits per heavy atom. The summed E-state index contributed by atoms with van der Waals surface area (Å²) in [6, 6.07) is 6.21. The van der Waals surface area contributed by atoms with Crippen molar-refractivity contribution in [3.63, 3.8) is 0 Å². The third kappa shape index (κ3) is 5.63. The fourth-order valence-corrected chi connectivity index (χ4v) is 5.71. The lowest BCUT2D eigenvalue weighted by Gasteiger charge is -2.24. The number of halogens is 4. The smallest absolute Gasteiger partial charge is 0.255 e. The summed E-state index contributed by atoms with van der Waals surface area (Å²) in [5.74, 6) is -4.14. The van der Waals surface area contributed by atoms with Crippen LogP contribution in [-0.2, 0) is 4.79 Å². The van der Waals surface area contributed by atoms with Crippen molar-refractivity contribution in [1.29, 1.82) is 0 Å². The highest BCUT2D eigenvalue weighted by Crippen LogP contribution is 2.46. The topological polar surface area (TPSA) is 46.2 Å². The van der Waals surface area contributed by atoms with Crippen molar-refractivity contribution in [1.82, 2.24) is 0 Å². The van der Waals surface area contributed by atoms with E-state index in [2.05, 4.69) is 12.2 Å². The summed E-state index contributed by atoms with van der Waals surface area (Å²) < 4.78 is 40.0. The molecule has 2 aromatic carbocycles. The summed E-state index contributed by atoms with van der Waals surface area (Å²) in [4.78, 5) is 24.4. The van der Waals surface area contributed by atoms with Gasteiger partial charge in [-0.15, -0.1) is 11.8 Å². The third-order valence-electron chi connectivity index (χ3n) is 5.62. The molecule has 4 atom stereocenters. The highest BCUT2D eigenvalue weighted by Gasteiger charge is 2.35. The quantitative estimate of drug-likeness (QED) is 0.360. The van der Waals surface area contributed by atoms with Gasteiger partial charge in [-0.05, 0) is 49.3 Å². The van der Waals surface area contributed by atoms with Crippen LogP contribution in [0.2, 0.25) is 5.02 Å². The van der Waals surface area contributed by atoms with Gasteiger partial charge in [0, 0.05) is 39.4 Å². The number of hydrogen-bond acceptors (Lipinski definition) is 3. The minimum Gasteiger partial charge on any atom is -0.322 e. The second-order valence-corrected chi connectivity index (χ2v) is 9.73. The maximum absolute atomic E-state index is 13.4. The first kappa shape index (κ1) is 23.7. The van der Waals surface area contributed by atoms with Gasteiger partial charge < -0.3 is 10.1 Å². The van der Waals surface area contributed by atoms with Crippen molar-refractivity contribution in [3.8, 4) is 0 Å². The van der Waals surface area contributed by atoms with Crippen LogP contribution in [0, 0.1) is 35.2 Å². The van der Waals surface area contributed by atoms with Gasteiger partial charge in [0.1, 0.15) is 6.29 Å². The Hall–Kier alpha value is -1.99. The Bertz CT molecular complexity index is 964. The lowest BCUT2D eigenvalue weighted by Crippen LogP contribution is -2.19. The maximum Gasteiger partial charge on any atom is 0.255 e. The Kier molecular flexibility index (Phi) is 7.70.